The van der Waals surface area contributed by atoms with E-state index in [9.17, 15) is 13.2 Å². The molecule has 3 aliphatic rings. The fraction of sp³-hybridized carbons (Fsp3) is 0.588. The van der Waals surface area contributed by atoms with E-state index in [1.807, 2.05) is 0 Å². The molecule has 0 bridgehead atoms. The van der Waals surface area contributed by atoms with Gasteiger partial charge in [0.15, 0.2) is 0 Å². The number of hydrogen-bond acceptors (Lipinski definition) is 5. The van der Waals surface area contributed by atoms with E-state index >= 15 is 0 Å². The second-order valence-electron chi connectivity index (χ2n) is 7.17. The Morgan fingerprint density at radius 1 is 1.28 bits per heavy atom. The van der Waals surface area contributed by atoms with Gasteiger partial charge in [-0.25, -0.2) is 8.42 Å². The van der Waals surface area contributed by atoms with Crippen LogP contribution in [0, 0.1) is 5.92 Å². The fourth-order valence-electron chi connectivity index (χ4n) is 4.13. The highest BCUT2D eigenvalue weighted by Gasteiger charge is 2.34. The lowest BCUT2D eigenvalue weighted by molar-refractivity contribution is 0.0918. The van der Waals surface area contributed by atoms with Gasteiger partial charge in [-0.2, -0.15) is 0 Å². The predicted molar refractivity (Wildman–Crippen MR) is 95.7 cm³/mol. The molecule has 8 heteroatoms. The van der Waals surface area contributed by atoms with Gasteiger partial charge < -0.3 is 5.32 Å². The minimum Gasteiger partial charge on any atom is -0.349 e. The van der Waals surface area contributed by atoms with E-state index < -0.39 is 10.0 Å². The van der Waals surface area contributed by atoms with Gasteiger partial charge in [-0.05, 0) is 49.8 Å². The van der Waals surface area contributed by atoms with Crippen molar-refractivity contribution in [3.63, 3.8) is 0 Å². The summed E-state index contributed by atoms with van der Waals surface area (Å²) in [6, 6.07) is 7.61. The monoisotopic (exact) mass is 364 g/mol. The maximum Gasteiger partial charge on any atom is 0.251 e. The molecule has 0 aromatic heterocycles. The highest BCUT2D eigenvalue weighted by molar-refractivity contribution is 7.93. The minimum absolute atomic E-state index is 0.124. The first kappa shape index (κ1) is 16.8. The van der Waals surface area contributed by atoms with E-state index in [2.05, 4.69) is 16.2 Å². The lowest BCUT2D eigenvalue weighted by Gasteiger charge is -2.31. The van der Waals surface area contributed by atoms with Crippen molar-refractivity contribution in [2.24, 2.45) is 5.92 Å². The maximum atomic E-state index is 12.6. The fourth-order valence-corrected chi connectivity index (χ4v) is 5.69. The van der Waals surface area contributed by atoms with Crippen molar-refractivity contribution < 1.29 is 13.2 Å². The first-order valence-electron chi connectivity index (χ1n) is 8.93. The van der Waals surface area contributed by atoms with Crippen LogP contribution in [0.3, 0.4) is 0 Å². The molecular formula is C17H24N4O3S. The normalized spacial score (nSPS) is 30.9. The summed E-state index contributed by atoms with van der Waals surface area (Å²) in [5.41, 5.74) is 7.58. The summed E-state index contributed by atoms with van der Waals surface area (Å²) < 4.78 is 25.6. The number of anilines is 1. The van der Waals surface area contributed by atoms with Crippen molar-refractivity contribution in [2.45, 2.75) is 37.8 Å². The lowest BCUT2D eigenvalue weighted by Crippen LogP contribution is -2.44. The zero-order valence-electron chi connectivity index (χ0n) is 14.1. The molecule has 3 unspecified atom stereocenters. The molecule has 1 saturated carbocycles. The standard InChI is InChI=1S/C17H24N4O3S/c22-17(19-14-5-6-16-13(9-14)11-18-20-16)12-3-1-4-15(10-12)21-7-2-8-25(21,23)24/h1,3-4,10,13-14,16,18,20H,2,5-9,11H2,(H,19,22). The molecule has 0 spiro atoms. The van der Waals surface area contributed by atoms with Crippen LogP contribution in [0.25, 0.3) is 0 Å². The average molecular weight is 364 g/mol. The lowest BCUT2D eigenvalue weighted by atomic mass is 9.83. The van der Waals surface area contributed by atoms with Gasteiger partial charge in [-0.3, -0.25) is 20.0 Å². The van der Waals surface area contributed by atoms with Gasteiger partial charge in [-0.1, -0.05) is 6.07 Å². The van der Waals surface area contributed by atoms with Crippen LogP contribution in [0.4, 0.5) is 5.69 Å². The molecule has 3 fully saturated rings. The largest absolute Gasteiger partial charge is 0.349 e. The third-order valence-corrected chi connectivity index (χ3v) is 7.33. The Labute approximate surface area is 148 Å². The molecule has 1 amide bonds. The molecule has 4 rings (SSSR count). The number of carbonyl (C=O) groups is 1. The molecule has 1 aromatic rings. The van der Waals surface area contributed by atoms with Crippen LogP contribution in [0.5, 0.6) is 0 Å². The van der Waals surface area contributed by atoms with Gasteiger partial charge in [0, 0.05) is 30.7 Å². The highest BCUT2D eigenvalue weighted by atomic mass is 32.2. The molecule has 2 aliphatic heterocycles. The van der Waals surface area contributed by atoms with Crippen LogP contribution in [-0.2, 0) is 10.0 Å². The molecular weight excluding hydrogens is 340 g/mol. The second-order valence-corrected chi connectivity index (χ2v) is 9.18. The highest BCUT2D eigenvalue weighted by Crippen LogP contribution is 2.28. The number of amides is 1. The number of fused-ring (bicyclic) bond motifs is 1. The van der Waals surface area contributed by atoms with E-state index in [-0.39, 0.29) is 17.7 Å². The van der Waals surface area contributed by atoms with Crippen molar-refractivity contribution in [1.82, 2.24) is 16.2 Å². The van der Waals surface area contributed by atoms with Crippen LogP contribution >= 0.6 is 0 Å². The van der Waals surface area contributed by atoms with Crippen molar-refractivity contribution in [2.75, 3.05) is 23.1 Å². The van der Waals surface area contributed by atoms with Crippen LogP contribution in [0.1, 0.15) is 36.0 Å². The molecule has 2 saturated heterocycles. The maximum absolute atomic E-state index is 12.6. The van der Waals surface area contributed by atoms with Crippen LogP contribution < -0.4 is 20.5 Å². The second kappa shape index (κ2) is 6.59. The summed E-state index contributed by atoms with van der Waals surface area (Å²) in [5.74, 6) is 0.608. The molecule has 2 heterocycles. The Morgan fingerprint density at radius 2 is 2.16 bits per heavy atom. The Hall–Kier alpha value is -1.64. The number of hydrazine groups is 1. The molecule has 25 heavy (non-hydrogen) atoms. The van der Waals surface area contributed by atoms with Crippen molar-refractivity contribution in [1.29, 1.82) is 0 Å². The molecule has 3 N–H and O–H groups in total. The molecule has 3 atom stereocenters. The third-order valence-electron chi connectivity index (χ3n) is 5.46. The van der Waals surface area contributed by atoms with Gasteiger partial charge >= 0.3 is 0 Å². The van der Waals surface area contributed by atoms with E-state index in [4.69, 9.17) is 0 Å². The number of sulfonamides is 1. The number of nitrogens with zero attached hydrogens (tertiary/aromatic N) is 1. The first-order valence-corrected chi connectivity index (χ1v) is 10.5. The molecule has 7 nitrogen and oxygen atoms in total. The molecule has 0 radical (unpaired) electrons. The van der Waals surface area contributed by atoms with Crippen LogP contribution in [0.15, 0.2) is 24.3 Å². The zero-order chi connectivity index (χ0) is 17.4. The van der Waals surface area contributed by atoms with E-state index in [0.717, 1.165) is 25.8 Å². The third kappa shape index (κ3) is 3.38. The van der Waals surface area contributed by atoms with E-state index in [1.54, 1.807) is 24.3 Å². The Balaban J connectivity index is 1.45. The Bertz CT molecular complexity index is 767. The molecule has 1 aliphatic carbocycles. The summed E-state index contributed by atoms with van der Waals surface area (Å²) in [6.07, 6.45) is 3.61. The van der Waals surface area contributed by atoms with Crippen LogP contribution in [0.2, 0.25) is 0 Å². The summed E-state index contributed by atoms with van der Waals surface area (Å²) in [4.78, 5) is 12.6. The SMILES string of the molecule is O=C(NC1CCC2NNCC2C1)c1cccc(N2CCCS2(=O)=O)c1. The van der Waals surface area contributed by atoms with E-state index in [1.165, 1.54) is 4.31 Å². The van der Waals surface area contributed by atoms with Gasteiger partial charge in [0.05, 0.1) is 11.4 Å². The Kier molecular flexibility index (Phi) is 4.43. The van der Waals surface area contributed by atoms with Crippen LogP contribution in [-0.4, -0.2) is 45.3 Å². The van der Waals surface area contributed by atoms with Crippen molar-refractivity contribution in [3.8, 4) is 0 Å². The zero-order valence-corrected chi connectivity index (χ0v) is 14.9. The number of rotatable bonds is 3. The minimum atomic E-state index is -3.23. The predicted octanol–water partition coefficient (Wildman–Crippen LogP) is 0.601. The molecule has 1 aromatic carbocycles. The molecule has 136 valence electrons. The first-order chi connectivity index (χ1) is 12.0. The average Bonchev–Trinajstić information content (AvgIpc) is 3.20. The Morgan fingerprint density at radius 3 is 2.96 bits per heavy atom. The van der Waals surface area contributed by atoms with Gasteiger partial charge in [0.25, 0.3) is 5.91 Å². The van der Waals surface area contributed by atoms with Crippen molar-refractivity contribution >= 4 is 21.6 Å². The van der Waals surface area contributed by atoms with Gasteiger partial charge in [-0.15, -0.1) is 0 Å². The van der Waals surface area contributed by atoms with Gasteiger partial charge in [0.1, 0.15) is 0 Å². The smallest absolute Gasteiger partial charge is 0.251 e. The number of hydrogen-bond donors (Lipinski definition) is 3. The number of benzene rings is 1. The number of nitrogens with one attached hydrogen (secondary N) is 3. The number of carbonyl (C=O) groups excluding carboxylic acids is 1. The summed E-state index contributed by atoms with van der Waals surface area (Å²) in [7, 11) is -3.23. The van der Waals surface area contributed by atoms with Crippen molar-refractivity contribution in [3.05, 3.63) is 29.8 Å². The summed E-state index contributed by atoms with van der Waals surface area (Å²) in [5, 5.41) is 3.12. The van der Waals surface area contributed by atoms with E-state index in [0.29, 0.717) is 36.2 Å². The summed E-state index contributed by atoms with van der Waals surface area (Å²) in [6.45, 7) is 1.43. The summed E-state index contributed by atoms with van der Waals surface area (Å²) >= 11 is 0. The van der Waals surface area contributed by atoms with Gasteiger partial charge in [0.2, 0.25) is 10.0 Å². The topological polar surface area (TPSA) is 90.5 Å². The quantitative estimate of drug-likeness (QED) is 0.731.